The van der Waals surface area contributed by atoms with Crippen LogP contribution in [0.3, 0.4) is 0 Å². The summed E-state index contributed by atoms with van der Waals surface area (Å²) >= 11 is 0. The highest BCUT2D eigenvalue weighted by Crippen LogP contribution is 2.27. The number of carbonyl (C=O) groups excluding carboxylic acids is 10. The predicted molar refractivity (Wildman–Crippen MR) is 291 cm³/mol. The van der Waals surface area contributed by atoms with E-state index in [9.17, 15) is 92.9 Å². The molecular weight excluding hydrogens is 1110 g/mol. The van der Waals surface area contributed by atoms with Crippen molar-refractivity contribution in [3.63, 3.8) is 0 Å². The van der Waals surface area contributed by atoms with Crippen LogP contribution in [-0.2, 0) is 70.4 Å². The molecule has 3 aromatic carbocycles. The van der Waals surface area contributed by atoms with Crippen molar-refractivity contribution < 1.29 is 87.7 Å². The van der Waals surface area contributed by atoms with Crippen molar-refractivity contribution >= 4 is 88.4 Å². The third-order valence-electron chi connectivity index (χ3n) is 12.9. The van der Waals surface area contributed by atoms with Crippen LogP contribution >= 0.6 is 0 Å². The highest BCUT2D eigenvalue weighted by molar-refractivity contribution is 6.03. The van der Waals surface area contributed by atoms with Gasteiger partial charge in [-0.3, -0.25) is 67.6 Å². The Balaban J connectivity index is 1.58. The van der Waals surface area contributed by atoms with E-state index in [1.165, 1.54) is 12.1 Å². The lowest BCUT2D eigenvalue weighted by atomic mass is 10.0. The van der Waals surface area contributed by atoms with Crippen LogP contribution in [0.2, 0.25) is 0 Å². The molecular formula is C53H66N12O19. The maximum absolute atomic E-state index is 14.5. The second kappa shape index (κ2) is 31.1. The molecule has 0 saturated carbocycles. The van der Waals surface area contributed by atoms with Crippen LogP contribution in [0.5, 0.6) is 5.75 Å². The molecule has 0 radical (unpaired) electrons. The Labute approximate surface area is 478 Å². The van der Waals surface area contributed by atoms with Gasteiger partial charge in [-0.1, -0.05) is 62.4 Å². The fourth-order valence-corrected chi connectivity index (χ4v) is 8.83. The molecule has 0 aromatic heterocycles. The minimum Gasteiger partial charge on any atom is -0.502 e. The molecule has 17 N–H and O–H groups in total. The first-order chi connectivity index (χ1) is 39.5. The summed E-state index contributed by atoms with van der Waals surface area (Å²) in [5.41, 5.74) is 16.7. The van der Waals surface area contributed by atoms with Gasteiger partial charge < -0.3 is 79.7 Å². The number of hydrogen-bond donors (Lipinski definition) is 14. The number of anilines is 1. The van der Waals surface area contributed by atoms with E-state index in [4.69, 9.17) is 17.2 Å². The summed E-state index contributed by atoms with van der Waals surface area (Å²) in [5.74, 6) is -17.3. The maximum atomic E-state index is 14.5. The Bertz CT molecular complexity index is 3000. The van der Waals surface area contributed by atoms with Crippen LogP contribution in [0.4, 0.5) is 11.4 Å². The average Bonchev–Trinajstić information content (AvgIpc) is 4.14. The van der Waals surface area contributed by atoms with Gasteiger partial charge in [-0.15, -0.1) is 0 Å². The molecule has 4 rings (SSSR count). The topological polar surface area (TPSA) is 511 Å². The van der Waals surface area contributed by atoms with E-state index in [0.717, 1.165) is 23.1 Å². The zero-order valence-electron chi connectivity index (χ0n) is 45.4. The van der Waals surface area contributed by atoms with Crippen LogP contribution in [-0.4, -0.2) is 162 Å². The Kier molecular flexibility index (Phi) is 24.5. The van der Waals surface area contributed by atoms with E-state index in [0.29, 0.717) is 5.56 Å². The minimum absolute atomic E-state index is 0.0163. The zero-order chi connectivity index (χ0) is 62.5. The number of carboxylic acids is 3. The number of nitro benzene ring substituents is 1. The number of hydrogen-bond acceptors (Lipinski definition) is 17. The van der Waals surface area contributed by atoms with Gasteiger partial charge in [0.2, 0.25) is 53.2 Å². The second-order valence-corrected chi connectivity index (χ2v) is 20.0. The van der Waals surface area contributed by atoms with Gasteiger partial charge in [-0.2, -0.15) is 0 Å². The maximum Gasteiger partial charge on any atom is 0.326 e. The molecule has 1 aliphatic heterocycles. The number of likely N-dealkylation sites (tertiary alicyclic amines) is 1. The smallest absolute Gasteiger partial charge is 0.326 e. The summed E-state index contributed by atoms with van der Waals surface area (Å²) in [6, 6.07) is 3.38. The number of primary amides is 2. The fourth-order valence-electron chi connectivity index (χ4n) is 8.83. The van der Waals surface area contributed by atoms with E-state index in [1.807, 2.05) is 5.32 Å². The van der Waals surface area contributed by atoms with Crippen molar-refractivity contribution in [1.29, 1.82) is 0 Å². The molecule has 84 heavy (non-hydrogen) atoms. The standard InChI is InChI=1S/C53H66N12O19/c1-26(2)19-32(62-51(79)38-13-8-18-64(38)52(80)31(15-17-41(55)67)57-47(75)33(20-27-9-4-3-5-10-27)58-45(73)29-11-6-7-12-30(29)54)46(74)61-36(24-43(69)70)50(78)60-35(23-42(56)68)49(77)59-34(48(76)63-37(53(81)82)25-44(71)72)21-28-14-16-40(66)39(22-28)65(83)84/h3-7,9-12,14,16,22,26,31-38,66H,8,13,15,17-21,23-25,54H2,1-2H3,(H2,55,67)(H2,56,68)(H,57,75)(H,58,73)(H,59,77)(H,60,78)(H,61,74)(H,62,79)(H,63,76)(H,69,70)(H,71,72)(H,81,82)/t31-,32-,33-,34-,35-,36-,37-,38-/m0/s1. The van der Waals surface area contributed by atoms with Gasteiger partial charge >= 0.3 is 23.6 Å². The van der Waals surface area contributed by atoms with Crippen molar-refractivity contribution in [3.8, 4) is 5.75 Å². The number of aromatic hydroxyl groups is 1. The second-order valence-electron chi connectivity index (χ2n) is 20.0. The van der Waals surface area contributed by atoms with E-state index in [-0.39, 0.29) is 55.5 Å². The van der Waals surface area contributed by atoms with Gasteiger partial charge in [0.1, 0.15) is 48.3 Å². The largest absolute Gasteiger partial charge is 0.502 e. The van der Waals surface area contributed by atoms with E-state index < -0.39 is 180 Å². The van der Waals surface area contributed by atoms with E-state index >= 15 is 0 Å². The lowest BCUT2D eigenvalue weighted by Gasteiger charge is -2.31. The number of phenolic OH excluding ortho intramolecular Hbond substituents is 1. The Morgan fingerprint density at radius 1 is 0.619 bits per heavy atom. The molecule has 8 atom stereocenters. The average molecular weight is 1180 g/mol. The lowest BCUT2D eigenvalue weighted by molar-refractivity contribution is -0.385. The number of phenols is 1. The number of rotatable bonds is 32. The molecule has 0 unspecified atom stereocenters. The summed E-state index contributed by atoms with van der Waals surface area (Å²) in [6.45, 7) is 3.23. The van der Waals surface area contributed by atoms with Gasteiger partial charge in [0, 0.05) is 37.6 Å². The number of nitrogens with one attached hydrogen (secondary N) is 7. The molecule has 1 fully saturated rings. The van der Waals surface area contributed by atoms with Gasteiger partial charge in [0.25, 0.3) is 5.91 Å². The molecule has 0 spiro atoms. The zero-order valence-corrected chi connectivity index (χ0v) is 45.4. The normalized spacial score (nSPS) is 15.2. The number of nitro groups is 1. The quantitative estimate of drug-likeness (QED) is 0.0176. The molecule has 3 aromatic rings. The van der Waals surface area contributed by atoms with Crippen LogP contribution in [0.1, 0.15) is 86.7 Å². The summed E-state index contributed by atoms with van der Waals surface area (Å²) < 4.78 is 0. The number of nitrogens with zero attached hydrogens (tertiary/aromatic N) is 2. The molecule has 31 nitrogen and oxygen atoms in total. The number of nitrogen functional groups attached to an aromatic ring is 1. The highest BCUT2D eigenvalue weighted by atomic mass is 16.6. The third kappa shape index (κ3) is 20.4. The van der Waals surface area contributed by atoms with Gasteiger partial charge in [0.15, 0.2) is 5.75 Å². The van der Waals surface area contributed by atoms with Crippen molar-refractivity contribution in [2.75, 3.05) is 12.3 Å². The third-order valence-corrected chi connectivity index (χ3v) is 12.9. The predicted octanol–water partition coefficient (Wildman–Crippen LogP) is -2.41. The number of aliphatic carboxylic acids is 3. The van der Waals surface area contributed by atoms with Crippen LogP contribution in [0.25, 0.3) is 0 Å². The summed E-state index contributed by atoms with van der Waals surface area (Å²) in [5, 5.41) is 66.3. The number of para-hydroxylation sites is 1. The number of nitrogens with two attached hydrogens (primary N) is 3. The molecule has 0 aliphatic carbocycles. The number of amides is 10. The Morgan fingerprint density at radius 2 is 1.13 bits per heavy atom. The van der Waals surface area contributed by atoms with Crippen molar-refractivity contribution in [3.05, 3.63) is 99.6 Å². The monoisotopic (exact) mass is 1170 g/mol. The van der Waals surface area contributed by atoms with Gasteiger partial charge in [-0.25, -0.2) is 4.79 Å². The van der Waals surface area contributed by atoms with Crippen molar-refractivity contribution in [2.45, 2.75) is 126 Å². The molecule has 1 saturated heterocycles. The summed E-state index contributed by atoms with van der Waals surface area (Å²) in [6.07, 6.45) is -4.93. The van der Waals surface area contributed by atoms with E-state index in [1.54, 1.807) is 56.3 Å². The first kappa shape index (κ1) is 66.3. The molecule has 31 heteroatoms. The lowest BCUT2D eigenvalue weighted by Crippen LogP contribution is -2.61. The first-order valence-electron chi connectivity index (χ1n) is 26.1. The first-order valence-corrected chi connectivity index (χ1v) is 26.1. The SMILES string of the molecule is CC(C)C[C@H](NC(=O)[C@@H]1CCCN1C(=O)[C@H](CCC(N)=O)NC(=O)[C@H](Cc1ccccc1)NC(=O)c1ccccc1N)C(=O)N[C@@H](CC(=O)O)C(=O)N[C@@H](CC(N)=O)C(=O)N[C@@H](Cc1ccc(O)c([N+](=O)[O-])c1)C(=O)N[C@@H](CC(=O)O)C(=O)O. The summed E-state index contributed by atoms with van der Waals surface area (Å²) in [4.78, 5) is 183. The van der Waals surface area contributed by atoms with Crippen LogP contribution in [0.15, 0.2) is 72.8 Å². The molecule has 1 aliphatic rings. The number of carbonyl (C=O) groups is 13. The van der Waals surface area contributed by atoms with Crippen molar-refractivity contribution in [1.82, 2.24) is 42.1 Å². The van der Waals surface area contributed by atoms with Crippen LogP contribution < -0.4 is 54.4 Å². The molecule has 0 bridgehead atoms. The van der Waals surface area contributed by atoms with E-state index in [2.05, 4.69) is 31.9 Å². The number of carboxylic acid groups (broad SMARTS) is 3. The van der Waals surface area contributed by atoms with Gasteiger partial charge in [0.05, 0.1) is 29.7 Å². The Hall–Kier alpha value is -10.2. The molecule has 452 valence electrons. The van der Waals surface area contributed by atoms with Crippen molar-refractivity contribution in [2.24, 2.45) is 17.4 Å². The highest BCUT2D eigenvalue weighted by Gasteiger charge is 2.41. The van der Waals surface area contributed by atoms with Crippen LogP contribution in [0, 0.1) is 16.0 Å². The molecule has 1 heterocycles. The minimum atomic E-state index is -2.11. The summed E-state index contributed by atoms with van der Waals surface area (Å²) in [7, 11) is 0. The van der Waals surface area contributed by atoms with Gasteiger partial charge in [-0.05, 0) is 60.9 Å². The number of benzene rings is 3. The Morgan fingerprint density at radius 3 is 1.69 bits per heavy atom. The molecule has 10 amide bonds. The fraction of sp³-hybridized carbons (Fsp3) is 0.415.